The molecule has 0 aromatic carbocycles. The summed E-state index contributed by atoms with van der Waals surface area (Å²) in [7, 11) is -3.59. The van der Waals surface area contributed by atoms with Gasteiger partial charge in [-0.2, -0.15) is 0 Å². The molecule has 22 heavy (non-hydrogen) atoms. The number of rotatable bonds is 6. The maximum atomic E-state index is 12.0. The highest BCUT2D eigenvalue weighted by Crippen LogP contribution is 2.17. The van der Waals surface area contributed by atoms with Crippen LogP contribution in [-0.2, 0) is 14.8 Å². The maximum Gasteiger partial charge on any atom is 0.242 e. The van der Waals surface area contributed by atoms with Crippen LogP contribution in [0.3, 0.4) is 0 Å². The molecule has 1 aliphatic carbocycles. The van der Waals surface area contributed by atoms with Gasteiger partial charge in [0, 0.05) is 31.4 Å². The fraction of sp³-hybridized carbons (Fsp3) is 0.600. The van der Waals surface area contributed by atoms with Gasteiger partial charge in [-0.1, -0.05) is 25.7 Å². The van der Waals surface area contributed by atoms with Crippen molar-refractivity contribution in [2.45, 2.75) is 55.9 Å². The molecule has 0 bridgehead atoms. The maximum absolute atomic E-state index is 12.0. The zero-order valence-electron chi connectivity index (χ0n) is 12.6. The summed E-state index contributed by atoms with van der Waals surface area (Å²) < 4.78 is 26.4. The second kappa shape index (κ2) is 8.24. The van der Waals surface area contributed by atoms with Crippen LogP contribution in [0.2, 0.25) is 0 Å². The standard InChI is InChI=1S/C15H23N3O3S/c19-15(18-13-6-3-1-2-4-7-13)9-11-17-22(20,21)14-8-5-10-16-12-14/h5,8,10,12-13,17H,1-4,6-7,9,11H2,(H,18,19). The number of amides is 1. The topological polar surface area (TPSA) is 88.2 Å². The second-order valence-electron chi connectivity index (χ2n) is 5.59. The van der Waals surface area contributed by atoms with Gasteiger partial charge in [0.2, 0.25) is 15.9 Å². The van der Waals surface area contributed by atoms with E-state index in [0.717, 1.165) is 25.7 Å². The molecule has 0 atom stereocenters. The third kappa shape index (κ3) is 5.38. The highest BCUT2D eigenvalue weighted by atomic mass is 32.2. The number of carbonyl (C=O) groups excluding carboxylic acids is 1. The Balaban J connectivity index is 1.74. The van der Waals surface area contributed by atoms with E-state index in [1.807, 2.05) is 0 Å². The lowest BCUT2D eigenvalue weighted by Crippen LogP contribution is -2.36. The van der Waals surface area contributed by atoms with Gasteiger partial charge >= 0.3 is 0 Å². The molecule has 1 aromatic heterocycles. The molecule has 1 aromatic rings. The van der Waals surface area contributed by atoms with Crippen LogP contribution in [0, 0.1) is 0 Å². The zero-order valence-corrected chi connectivity index (χ0v) is 13.4. The molecule has 0 unspecified atom stereocenters. The largest absolute Gasteiger partial charge is 0.353 e. The highest BCUT2D eigenvalue weighted by Gasteiger charge is 2.16. The zero-order chi connectivity index (χ0) is 15.8. The van der Waals surface area contributed by atoms with Crippen molar-refractivity contribution < 1.29 is 13.2 Å². The smallest absolute Gasteiger partial charge is 0.242 e. The van der Waals surface area contributed by atoms with Crippen molar-refractivity contribution in [1.82, 2.24) is 15.0 Å². The Morgan fingerprint density at radius 2 is 1.95 bits per heavy atom. The average Bonchev–Trinajstić information content (AvgIpc) is 2.76. The number of sulfonamides is 1. The normalized spacial score (nSPS) is 16.9. The number of carbonyl (C=O) groups is 1. The van der Waals surface area contributed by atoms with E-state index < -0.39 is 10.0 Å². The number of pyridine rings is 1. The lowest BCUT2D eigenvalue weighted by atomic mass is 10.1. The van der Waals surface area contributed by atoms with E-state index in [4.69, 9.17) is 0 Å². The molecule has 1 heterocycles. The summed E-state index contributed by atoms with van der Waals surface area (Å²) in [5.74, 6) is -0.0965. The Kier molecular flexibility index (Phi) is 6.33. The predicted molar refractivity (Wildman–Crippen MR) is 83.7 cm³/mol. The van der Waals surface area contributed by atoms with E-state index in [2.05, 4.69) is 15.0 Å². The first-order valence-electron chi connectivity index (χ1n) is 7.77. The van der Waals surface area contributed by atoms with Crippen LogP contribution in [0.5, 0.6) is 0 Å². The summed E-state index contributed by atoms with van der Waals surface area (Å²) >= 11 is 0. The molecule has 0 spiro atoms. The molecule has 0 saturated heterocycles. The number of nitrogens with one attached hydrogen (secondary N) is 2. The minimum absolute atomic E-state index is 0.0930. The summed E-state index contributed by atoms with van der Waals surface area (Å²) in [5, 5.41) is 3.00. The van der Waals surface area contributed by atoms with Crippen LogP contribution in [0.4, 0.5) is 0 Å². The van der Waals surface area contributed by atoms with Gasteiger partial charge in [0.1, 0.15) is 4.90 Å². The highest BCUT2D eigenvalue weighted by molar-refractivity contribution is 7.89. The monoisotopic (exact) mass is 325 g/mol. The molecule has 0 aliphatic heterocycles. The fourth-order valence-electron chi connectivity index (χ4n) is 2.61. The van der Waals surface area contributed by atoms with Gasteiger partial charge in [0.25, 0.3) is 0 Å². The molecule has 2 N–H and O–H groups in total. The van der Waals surface area contributed by atoms with Crippen LogP contribution in [-0.4, -0.2) is 31.9 Å². The Labute approximate surface area is 131 Å². The third-order valence-corrected chi connectivity index (χ3v) is 5.26. The van der Waals surface area contributed by atoms with E-state index in [9.17, 15) is 13.2 Å². The predicted octanol–water partition coefficient (Wildman–Crippen LogP) is 1.59. The summed E-state index contributed by atoms with van der Waals surface area (Å²) in [5.41, 5.74) is 0. The molecule has 122 valence electrons. The minimum Gasteiger partial charge on any atom is -0.353 e. The summed E-state index contributed by atoms with van der Waals surface area (Å²) in [4.78, 5) is 15.8. The molecule has 7 heteroatoms. The fourth-order valence-corrected chi connectivity index (χ4v) is 3.61. The van der Waals surface area contributed by atoms with Gasteiger partial charge in [0.05, 0.1) is 0 Å². The molecular formula is C15H23N3O3S. The molecular weight excluding hydrogens is 302 g/mol. The minimum atomic E-state index is -3.59. The van der Waals surface area contributed by atoms with Crippen molar-refractivity contribution in [3.63, 3.8) is 0 Å². The van der Waals surface area contributed by atoms with Crippen LogP contribution < -0.4 is 10.0 Å². The molecule has 2 rings (SSSR count). The Bertz CT molecular complexity index is 567. The van der Waals surface area contributed by atoms with E-state index >= 15 is 0 Å². The van der Waals surface area contributed by atoms with E-state index in [1.54, 1.807) is 6.07 Å². The first kappa shape index (κ1) is 16.9. The van der Waals surface area contributed by atoms with E-state index in [1.165, 1.54) is 31.3 Å². The van der Waals surface area contributed by atoms with Crippen molar-refractivity contribution in [3.8, 4) is 0 Å². The van der Waals surface area contributed by atoms with Gasteiger partial charge in [-0.3, -0.25) is 9.78 Å². The van der Waals surface area contributed by atoms with Crippen molar-refractivity contribution in [2.24, 2.45) is 0 Å². The lowest BCUT2D eigenvalue weighted by molar-refractivity contribution is -0.121. The van der Waals surface area contributed by atoms with Gasteiger partial charge in [-0.25, -0.2) is 13.1 Å². The SMILES string of the molecule is O=C(CCNS(=O)(=O)c1cccnc1)NC1CCCCCC1. The summed E-state index contributed by atoms with van der Waals surface area (Å²) in [6, 6.07) is 3.28. The van der Waals surface area contributed by atoms with Crippen LogP contribution in [0.1, 0.15) is 44.9 Å². The number of nitrogens with zero attached hydrogens (tertiary/aromatic N) is 1. The van der Waals surface area contributed by atoms with Gasteiger partial charge in [-0.15, -0.1) is 0 Å². The second-order valence-corrected chi connectivity index (χ2v) is 7.36. The molecule has 1 saturated carbocycles. The molecule has 1 fully saturated rings. The van der Waals surface area contributed by atoms with E-state index in [0.29, 0.717) is 0 Å². The summed E-state index contributed by atoms with van der Waals surface area (Å²) in [6.07, 6.45) is 9.76. The van der Waals surface area contributed by atoms with Gasteiger partial charge in [-0.05, 0) is 25.0 Å². The lowest BCUT2D eigenvalue weighted by Gasteiger charge is -2.16. The average molecular weight is 325 g/mol. The van der Waals surface area contributed by atoms with Crippen LogP contribution in [0.25, 0.3) is 0 Å². The molecule has 0 radical (unpaired) electrons. The Hall–Kier alpha value is -1.47. The summed E-state index contributed by atoms with van der Waals surface area (Å²) in [6.45, 7) is 0.0930. The molecule has 1 amide bonds. The Morgan fingerprint density at radius 3 is 2.59 bits per heavy atom. The van der Waals surface area contributed by atoms with E-state index in [-0.39, 0.29) is 29.8 Å². The van der Waals surface area contributed by atoms with Gasteiger partial charge in [0.15, 0.2) is 0 Å². The van der Waals surface area contributed by atoms with Gasteiger partial charge < -0.3 is 5.32 Å². The quantitative estimate of drug-likeness (QED) is 0.777. The van der Waals surface area contributed by atoms with Crippen LogP contribution >= 0.6 is 0 Å². The van der Waals surface area contributed by atoms with Crippen molar-refractivity contribution in [2.75, 3.05) is 6.54 Å². The Morgan fingerprint density at radius 1 is 1.23 bits per heavy atom. The first-order valence-corrected chi connectivity index (χ1v) is 9.25. The van der Waals surface area contributed by atoms with Crippen molar-refractivity contribution in [1.29, 1.82) is 0 Å². The number of aromatic nitrogens is 1. The number of hydrogen-bond donors (Lipinski definition) is 2. The molecule has 6 nitrogen and oxygen atoms in total. The first-order chi connectivity index (χ1) is 10.6. The van der Waals surface area contributed by atoms with Crippen LogP contribution in [0.15, 0.2) is 29.4 Å². The molecule has 1 aliphatic rings. The van der Waals surface area contributed by atoms with Crippen molar-refractivity contribution >= 4 is 15.9 Å². The van der Waals surface area contributed by atoms with Crippen molar-refractivity contribution in [3.05, 3.63) is 24.5 Å². The number of hydrogen-bond acceptors (Lipinski definition) is 4. The third-order valence-electron chi connectivity index (χ3n) is 3.81.